The summed E-state index contributed by atoms with van der Waals surface area (Å²) in [5.74, 6) is 0. The van der Waals surface area contributed by atoms with Gasteiger partial charge in [-0.25, -0.2) is 0 Å². The first-order valence-corrected chi connectivity index (χ1v) is 4.90. The highest BCUT2D eigenvalue weighted by molar-refractivity contribution is 7.99. The summed E-state index contributed by atoms with van der Waals surface area (Å²) in [5.41, 5.74) is 0. The van der Waals surface area contributed by atoms with E-state index < -0.39 is 0 Å². The second-order valence-electron chi connectivity index (χ2n) is 1.53. The van der Waals surface area contributed by atoms with Crippen molar-refractivity contribution in [1.82, 2.24) is 0 Å². The van der Waals surface area contributed by atoms with Crippen LogP contribution in [0.25, 0.3) is 0 Å². The average molecular weight is 142 g/mol. The second kappa shape index (κ2) is 3.01. The predicted molar refractivity (Wildman–Crippen MR) is 43.2 cm³/mol. The molecule has 0 aliphatic carbocycles. The molecule has 0 radical (unpaired) electrons. The Bertz CT molecular complexity index is 171. The van der Waals surface area contributed by atoms with Crippen LogP contribution < -0.4 is 5.30 Å². The molecule has 0 aliphatic rings. The second-order valence-corrected chi connectivity index (χ2v) is 3.14. The van der Waals surface area contributed by atoms with Crippen molar-refractivity contribution in [3.8, 4) is 0 Å². The van der Waals surface area contributed by atoms with Crippen molar-refractivity contribution in [3.63, 3.8) is 0 Å². The van der Waals surface area contributed by atoms with Gasteiger partial charge in [0.2, 0.25) is 0 Å². The Morgan fingerprint density at radius 2 is 1.75 bits per heavy atom. The van der Waals surface area contributed by atoms with Crippen LogP contribution in [-0.2, 0) is 11.8 Å². The van der Waals surface area contributed by atoms with E-state index in [1.807, 2.05) is 18.2 Å². The molecule has 1 aromatic rings. The number of rotatable bonds is 1. The fourth-order valence-electron chi connectivity index (χ4n) is 0.532. The molecule has 1 aromatic carbocycles. The Balaban J connectivity index is 2.99. The molecule has 1 unspecified atom stereocenters. The van der Waals surface area contributed by atoms with Crippen LogP contribution in [0.3, 0.4) is 0 Å². The number of hydrogen-bond donors (Lipinski definition) is 0. The maximum atomic E-state index is 4.90. The molecule has 0 aliphatic heterocycles. The van der Waals surface area contributed by atoms with Gasteiger partial charge < -0.3 is 0 Å². The first-order chi connectivity index (χ1) is 3.93. The fourth-order valence-corrected chi connectivity index (χ4v) is 1.38. The van der Waals surface area contributed by atoms with Gasteiger partial charge in [0.15, 0.2) is 0 Å². The van der Waals surface area contributed by atoms with Crippen molar-refractivity contribution in [3.05, 3.63) is 30.3 Å². The van der Waals surface area contributed by atoms with E-state index in [1.165, 1.54) is 5.30 Å². The molecule has 0 nitrogen and oxygen atoms in total. The smallest absolute Gasteiger partial charge is 0.0198 e. The van der Waals surface area contributed by atoms with Crippen LogP contribution in [0.2, 0.25) is 0 Å². The third-order valence-electron chi connectivity index (χ3n) is 0.936. The predicted octanol–water partition coefficient (Wildman–Crippen LogP) is 1.18. The lowest BCUT2D eigenvalue weighted by molar-refractivity contribution is 1.78. The van der Waals surface area contributed by atoms with Crippen LogP contribution in [0, 0.1) is 0 Å². The Labute approximate surface area is 55.4 Å². The molecule has 0 saturated carbocycles. The monoisotopic (exact) mass is 142 g/mol. The molecule has 1 rings (SSSR count). The molecule has 0 saturated heterocycles. The van der Waals surface area contributed by atoms with E-state index in [4.69, 9.17) is 11.8 Å². The van der Waals surface area contributed by atoms with Gasteiger partial charge in [0.05, 0.1) is 0 Å². The lowest BCUT2D eigenvalue weighted by atomic mass is 10.4. The third kappa shape index (κ3) is 1.43. The summed E-state index contributed by atoms with van der Waals surface area (Å²) < 4.78 is 0. The molecule has 0 aromatic heterocycles. The first-order valence-electron chi connectivity index (χ1n) is 2.44. The van der Waals surface area contributed by atoms with E-state index >= 15 is 0 Å². The van der Waals surface area contributed by atoms with Crippen molar-refractivity contribution in [1.29, 1.82) is 0 Å². The van der Waals surface area contributed by atoms with Gasteiger partial charge in [0, 0.05) is 0 Å². The van der Waals surface area contributed by atoms with Gasteiger partial charge in [-0.1, -0.05) is 42.1 Å². The number of hydrogen-bond acceptors (Lipinski definition) is 1. The van der Waals surface area contributed by atoms with E-state index in [2.05, 4.69) is 12.1 Å². The summed E-state index contributed by atoms with van der Waals surface area (Å²) in [6.45, 7) is 0. The largest absolute Gasteiger partial charge is 0.0994 e. The standard InChI is InChI=1S/C6H7PS/c8-7-6-4-2-1-3-5-6/h1-5H,7H2. The minimum Gasteiger partial charge on any atom is -0.0994 e. The first kappa shape index (κ1) is 6.00. The zero-order valence-corrected chi connectivity index (χ0v) is 6.34. The Morgan fingerprint density at radius 3 is 2.12 bits per heavy atom. The van der Waals surface area contributed by atoms with Crippen molar-refractivity contribution in [2.45, 2.75) is 0 Å². The molecular formula is C6H7PS. The van der Waals surface area contributed by atoms with Crippen LogP contribution in [-0.4, -0.2) is 0 Å². The van der Waals surface area contributed by atoms with E-state index in [0.29, 0.717) is 0 Å². The van der Waals surface area contributed by atoms with Gasteiger partial charge in [-0.05, 0) is 12.7 Å². The van der Waals surface area contributed by atoms with Gasteiger partial charge in [0.25, 0.3) is 0 Å². The van der Waals surface area contributed by atoms with Crippen molar-refractivity contribution in [2.24, 2.45) is 0 Å². The topological polar surface area (TPSA) is 0 Å². The van der Waals surface area contributed by atoms with Gasteiger partial charge >= 0.3 is 0 Å². The summed E-state index contributed by atoms with van der Waals surface area (Å²) in [6, 6.07) is 10.2. The Kier molecular flexibility index (Phi) is 2.26. The summed E-state index contributed by atoms with van der Waals surface area (Å²) in [5, 5.41) is 1.31. The Morgan fingerprint density at radius 1 is 1.12 bits per heavy atom. The van der Waals surface area contributed by atoms with Crippen LogP contribution in [0.15, 0.2) is 30.3 Å². The van der Waals surface area contributed by atoms with Gasteiger partial charge in [-0.15, -0.1) is 0 Å². The van der Waals surface area contributed by atoms with Crippen molar-refractivity contribution in [2.75, 3.05) is 0 Å². The zero-order chi connectivity index (χ0) is 5.82. The quantitative estimate of drug-likeness (QED) is 0.531. The average Bonchev–Trinajstić information content (AvgIpc) is 1.90. The maximum Gasteiger partial charge on any atom is -0.0198 e. The molecule has 0 spiro atoms. The molecule has 42 valence electrons. The van der Waals surface area contributed by atoms with E-state index in [0.717, 1.165) is 0 Å². The normalized spacial score (nSPS) is 10.5. The summed E-state index contributed by atoms with van der Waals surface area (Å²) >= 11 is 4.90. The molecule has 0 bridgehead atoms. The molecule has 8 heavy (non-hydrogen) atoms. The van der Waals surface area contributed by atoms with Crippen LogP contribution in [0.5, 0.6) is 0 Å². The van der Waals surface area contributed by atoms with Crippen LogP contribution >= 0.6 is 7.36 Å². The molecule has 0 fully saturated rings. The Hall–Kier alpha value is -0.130. The van der Waals surface area contributed by atoms with Crippen LogP contribution in [0.1, 0.15) is 0 Å². The summed E-state index contributed by atoms with van der Waals surface area (Å²) in [6.07, 6.45) is 0. The summed E-state index contributed by atoms with van der Waals surface area (Å²) in [7, 11) is 0.0940. The molecule has 2 heteroatoms. The van der Waals surface area contributed by atoms with Crippen LogP contribution in [0.4, 0.5) is 0 Å². The lowest BCUT2D eigenvalue weighted by Crippen LogP contribution is -1.84. The number of benzene rings is 1. The third-order valence-corrected chi connectivity index (χ3v) is 2.41. The maximum absolute atomic E-state index is 4.90. The minimum atomic E-state index is 0.0940. The van der Waals surface area contributed by atoms with Gasteiger partial charge in [0.1, 0.15) is 0 Å². The molecule has 0 N–H and O–H groups in total. The highest BCUT2D eigenvalue weighted by atomic mass is 32.4. The van der Waals surface area contributed by atoms with Gasteiger partial charge in [-0.3, -0.25) is 0 Å². The molecule has 1 atom stereocenters. The molecular weight excluding hydrogens is 135 g/mol. The van der Waals surface area contributed by atoms with E-state index in [9.17, 15) is 0 Å². The fraction of sp³-hybridized carbons (Fsp3) is 0. The lowest BCUT2D eigenvalue weighted by Gasteiger charge is -1.84. The molecule has 0 heterocycles. The minimum absolute atomic E-state index is 0.0940. The summed E-state index contributed by atoms with van der Waals surface area (Å²) in [4.78, 5) is 0. The van der Waals surface area contributed by atoms with Gasteiger partial charge in [-0.2, -0.15) is 0 Å². The SMILES string of the molecule is S=[PH2]c1ccccc1. The van der Waals surface area contributed by atoms with E-state index in [-0.39, 0.29) is 7.36 Å². The zero-order valence-electron chi connectivity index (χ0n) is 4.37. The molecule has 0 amide bonds. The highest BCUT2D eigenvalue weighted by Crippen LogP contribution is 1.92. The highest BCUT2D eigenvalue weighted by Gasteiger charge is 1.76. The van der Waals surface area contributed by atoms with Crippen molar-refractivity contribution >= 4 is 24.5 Å². The van der Waals surface area contributed by atoms with E-state index in [1.54, 1.807) is 0 Å². The van der Waals surface area contributed by atoms with Crippen molar-refractivity contribution < 1.29 is 0 Å².